The number of amides is 2. The van der Waals surface area contributed by atoms with E-state index >= 15 is 0 Å². The molecule has 0 unspecified atom stereocenters. The zero-order valence-corrected chi connectivity index (χ0v) is 12.0. The van der Waals surface area contributed by atoms with E-state index in [4.69, 9.17) is 11.6 Å². The fourth-order valence-electron chi connectivity index (χ4n) is 1.64. The number of carbonyl (C=O) groups is 2. The van der Waals surface area contributed by atoms with Gasteiger partial charge in [0, 0.05) is 38.0 Å². The van der Waals surface area contributed by atoms with Gasteiger partial charge in [-0.05, 0) is 11.6 Å². The largest absolute Gasteiger partial charge is 0.354 e. The fraction of sp³-hybridized carbons (Fsp3) is 0.429. The molecule has 5 heteroatoms. The van der Waals surface area contributed by atoms with Crippen molar-refractivity contribution in [2.24, 2.45) is 0 Å². The first-order valence-corrected chi connectivity index (χ1v) is 6.68. The van der Waals surface area contributed by atoms with Crippen LogP contribution in [-0.4, -0.2) is 29.8 Å². The van der Waals surface area contributed by atoms with Crippen molar-refractivity contribution >= 4 is 23.4 Å². The van der Waals surface area contributed by atoms with Gasteiger partial charge in [-0.3, -0.25) is 9.59 Å². The number of nitrogens with zero attached hydrogens (tertiary/aromatic N) is 1. The molecule has 0 radical (unpaired) electrons. The number of hydrogen-bond acceptors (Lipinski definition) is 2. The predicted octanol–water partition coefficient (Wildman–Crippen LogP) is 2.21. The summed E-state index contributed by atoms with van der Waals surface area (Å²) in [5.41, 5.74) is 0.904. The molecule has 19 heavy (non-hydrogen) atoms. The third kappa shape index (κ3) is 5.30. The van der Waals surface area contributed by atoms with Crippen LogP contribution < -0.4 is 5.32 Å². The van der Waals surface area contributed by atoms with Gasteiger partial charge in [0.25, 0.3) is 0 Å². The number of rotatable bonds is 6. The highest BCUT2D eigenvalue weighted by Gasteiger charge is 2.11. The molecule has 0 aliphatic rings. The standard InChI is InChI=1S/C14H19ClN2O2/c1-3-14(19)16-8-9-17(11(2)18)10-12-6-4-5-7-13(12)15/h4-7H,3,8-10H2,1-2H3,(H,16,19). The van der Waals surface area contributed by atoms with Crippen molar-refractivity contribution in [3.63, 3.8) is 0 Å². The van der Waals surface area contributed by atoms with E-state index in [-0.39, 0.29) is 11.8 Å². The Kier molecular flexibility index (Phi) is 6.36. The first-order valence-electron chi connectivity index (χ1n) is 6.30. The summed E-state index contributed by atoms with van der Waals surface area (Å²) >= 11 is 6.07. The lowest BCUT2D eigenvalue weighted by atomic mass is 10.2. The van der Waals surface area contributed by atoms with Crippen LogP contribution in [0, 0.1) is 0 Å². The Labute approximate surface area is 118 Å². The molecule has 1 rings (SSSR count). The third-order valence-corrected chi connectivity index (χ3v) is 3.16. The van der Waals surface area contributed by atoms with E-state index in [1.807, 2.05) is 18.2 Å². The topological polar surface area (TPSA) is 49.4 Å². The Morgan fingerprint density at radius 3 is 2.58 bits per heavy atom. The van der Waals surface area contributed by atoms with Crippen LogP contribution in [0.15, 0.2) is 24.3 Å². The van der Waals surface area contributed by atoms with Gasteiger partial charge in [0.15, 0.2) is 0 Å². The van der Waals surface area contributed by atoms with Crippen molar-refractivity contribution in [2.45, 2.75) is 26.8 Å². The fourth-order valence-corrected chi connectivity index (χ4v) is 1.83. The van der Waals surface area contributed by atoms with Crippen LogP contribution in [0.2, 0.25) is 5.02 Å². The van der Waals surface area contributed by atoms with Crippen LogP contribution in [0.1, 0.15) is 25.8 Å². The molecule has 0 aliphatic carbocycles. The molecule has 0 heterocycles. The Morgan fingerprint density at radius 2 is 2.00 bits per heavy atom. The maximum Gasteiger partial charge on any atom is 0.219 e. The quantitative estimate of drug-likeness (QED) is 0.870. The van der Waals surface area contributed by atoms with Crippen LogP contribution in [-0.2, 0) is 16.1 Å². The number of nitrogens with one attached hydrogen (secondary N) is 1. The molecule has 0 fully saturated rings. The van der Waals surface area contributed by atoms with Crippen LogP contribution in [0.25, 0.3) is 0 Å². The summed E-state index contributed by atoms with van der Waals surface area (Å²) in [4.78, 5) is 24.4. The minimum absolute atomic E-state index is 0.0127. The molecule has 0 saturated heterocycles. The molecule has 1 aromatic carbocycles. The van der Waals surface area contributed by atoms with Gasteiger partial charge in [0.2, 0.25) is 11.8 Å². The SMILES string of the molecule is CCC(=O)NCCN(Cc1ccccc1Cl)C(C)=O. The lowest BCUT2D eigenvalue weighted by Gasteiger charge is -2.21. The summed E-state index contributed by atoms with van der Waals surface area (Å²) < 4.78 is 0. The highest BCUT2D eigenvalue weighted by Crippen LogP contribution is 2.16. The normalized spacial score (nSPS) is 10.1. The first kappa shape index (κ1) is 15.5. The molecular weight excluding hydrogens is 264 g/mol. The molecule has 0 atom stereocenters. The molecule has 104 valence electrons. The molecule has 4 nitrogen and oxygen atoms in total. The predicted molar refractivity (Wildman–Crippen MR) is 75.8 cm³/mol. The molecule has 2 amide bonds. The highest BCUT2D eigenvalue weighted by molar-refractivity contribution is 6.31. The monoisotopic (exact) mass is 282 g/mol. The van der Waals surface area contributed by atoms with Gasteiger partial charge in [0.05, 0.1) is 0 Å². The van der Waals surface area contributed by atoms with Gasteiger partial charge >= 0.3 is 0 Å². The van der Waals surface area contributed by atoms with Crippen molar-refractivity contribution in [3.05, 3.63) is 34.9 Å². The van der Waals surface area contributed by atoms with E-state index in [2.05, 4.69) is 5.32 Å². The molecule has 0 saturated carbocycles. The van der Waals surface area contributed by atoms with E-state index in [9.17, 15) is 9.59 Å². The maximum atomic E-state index is 11.6. The van der Waals surface area contributed by atoms with Gasteiger partial charge in [0.1, 0.15) is 0 Å². The average molecular weight is 283 g/mol. The lowest BCUT2D eigenvalue weighted by molar-refractivity contribution is -0.130. The second-order valence-corrected chi connectivity index (χ2v) is 4.64. The van der Waals surface area contributed by atoms with Crippen LogP contribution in [0.3, 0.4) is 0 Å². The van der Waals surface area contributed by atoms with Crippen molar-refractivity contribution < 1.29 is 9.59 Å². The van der Waals surface area contributed by atoms with Crippen LogP contribution in [0.4, 0.5) is 0 Å². The van der Waals surface area contributed by atoms with E-state index in [0.717, 1.165) is 5.56 Å². The highest BCUT2D eigenvalue weighted by atomic mass is 35.5. The van der Waals surface area contributed by atoms with E-state index in [0.29, 0.717) is 31.1 Å². The van der Waals surface area contributed by atoms with Crippen molar-refractivity contribution in [2.75, 3.05) is 13.1 Å². The van der Waals surface area contributed by atoms with Crippen LogP contribution >= 0.6 is 11.6 Å². The Morgan fingerprint density at radius 1 is 1.32 bits per heavy atom. The van der Waals surface area contributed by atoms with Gasteiger partial charge in [-0.1, -0.05) is 36.7 Å². The average Bonchev–Trinajstić information content (AvgIpc) is 2.39. The molecule has 0 spiro atoms. The smallest absolute Gasteiger partial charge is 0.219 e. The van der Waals surface area contributed by atoms with Gasteiger partial charge in [-0.2, -0.15) is 0 Å². The molecule has 1 N–H and O–H groups in total. The van der Waals surface area contributed by atoms with Gasteiger partial charge < -0.3 is 10.2 Å². The minimum atomic E-state index is -0.0364. The Balaban J connectivity index is 2.56. The Hall–Kier alpha value is -1.55. The summed E-state index contributed by atoms with van der Waals surface area (Å²) in [5, 5.41) is 3.40. The summed E-state index contributed by atoms with van der Waals surface area (Å²) in [6.07, 6.45) is 0.449. The summed E-state index contributed by atoms with van der Waals surface area (Å²) in [6.45, 7) is 4.69. The summed E-state index contributed by atoms with van der Waals surface area (Å²) in [5.74, 6) is -0.0492. The van der Waals surface area contributed by atoms with E-state index < -0.39 is 0 Å². The van der Waals surface area contributed by atoms with E-state index in [1.165, 1.54) is 6.92 Å². The number of carbonyl (C=O) groups excluding carboxylic acids is 2. The summed E-state index contributed by atoms with van der Waals surface area (Å²) in [6, 6.07) is 7.43. The first-order chi connectivity index (χ1) is 9.04. The number of benzene rings is 1. The van der Waals surface area contributed by atoms with Crippen molar-refractivity contribution in [1.29, 1.82) is 0 Å². The van der Waals surface area contributed by atoms with Crippen molar-refractivity contribution in [1.82, 2.24) is 10.2 Å². The lowest BCUT2D eigenvalue weighted by Crippen LogP contribution is -2.36. The minimum Gasteiger partial charge on any atom is -0.354 e. The van der Waals surface area contributed by atoms with Gasteiger partial charge in [-0.25, -0.2) is 0 Å². The summed E-state index contributed by atoms with van der Waals surface area (Å²) in [7, 11) is 0. The van der Waals surface area contributed by atoms with Gasteiger partial charge in [-0.15, -0.1) is 0 Å². The maximum absolute atomic E-state index is 11.6. The zero-order chi connectivity index (χ0) is 14.3. The van der Waals surface area contributed by atoms with E-state index in [1.54, 1.807) is 17.9 Å². The molecule has 0 bridgehead atoms. The molecule has 0 aromatic heterocycles. The molecular formula is C14H19ClN2O2. The molecule has 0 aliphatic heterocycles. The molecule has 1 aromatic rings. The second-order valence-electron chi connectivity index (χ2n) is 4.24. The number of hydrogen-bond donors (Lipinski definition) is 1. The zero-order valence-electron chi connectivity index (χ0n) is 11.3. The number of halogens is 1. The van der Waals surface area contributed by atoms with Crippen molar-refractivity contribution in [3.8, 4) is 0 Å². The van der Waals surface area contributed by atoms with Crippen LogP contribution in [0.5, 0.6) is 0 Å². The third-order valence-electron chi connectivity index (χ3n) is 2.79. The Bertz CT molecular complexity index is 449. The second kappa shape index (κ2) is 7.79.